The van der Waals surface area contributed by atoms with E-state index in [1.165, 1.54) is 17.5 Å². The second-order valence-electron chi connectivity index (χ2n) is 4.50. The molecule has 5 nitrogen and oxygen atoms in total. The number of hydrogen-bond donors (Lipinski definition) is 2. The van der Waals surface area contributed by atoms with Crippen LogP contribution in [0.2, 0.25) is 0 Å². The van der Waals surface area contributed by atoms with Gasteiger partial charge in [-0.1, -0.05) is 0 Å². The summed E-state index contributed by atoms with van der Waals surface area (Å²) >= 11 is 3.33. The van der Waals surface area contributed by atoms with Crippen LogP contribution in [-0.4, -0.2) is 28.9 Å². The maximum atomic E-state index is 11.8. The first-order valence-electron chi connectivity index (χ1n) is 6.45. The molecular weight excluding hydrogens is 296 g/mol. The zero-order valence-corrected chi connectivity index (χ0v) is 12.2. The summed E-state index contributed by atoms with van der Waals surface area (Å²) in [5, 5.41) is 10.8. The van der Waals surface area contributed by atoms with Crippen LogP contribution in [0.1, 0.15) is 26.2 Å². The molecule has 1 aromatic heterocycles. The van der Waals surface area contributed by atoms with Gasteiger partial charge in [-0.2, -0.15) is 5.10 Å². The fraction of sp³-hybridized carbons (Fsp3) is 0.667. The molecule has 18 heavy (non-hydrogen) atoms. The van der Waals surface area contributed by atoms with Crippen molar-refractivity contribution in [2.75, 3.05) is 18.4 Å². The summed E-state index contributed by atoms with van der Waals surface area (Å²) in [7, 11) is 0. The van der Waals surface area contributed by atoms with Crippen molar-refractivity contribution >= 4 is 21.6 Å². The van der Waals surface area contributed by atoms with Gasteiger partial charge < -0.3 is 10.6 Å². The molecule has 0 saturated carbocycles. The van der Waals surface area contributed by atoms with Crippen molar-refractivity contribution in [3.8, 4) is 0 Å². The minimum atomic E-state index is -0.0820. The molecule has 6 heteroatoms. The third-order valence-corrected chi connectivity index (χ3v) is 4.02. The van der Waals surface area contributed by atoms with Crippen LogP contribution >= 0.6 is 15.9 Å². The maximum absolute atomic E-state index is 11.8. The van der Waals surface area contributed by atoms with Crippen LogP contribution in [0.4, 0.5) is 5.69 Å². The lowest BCUT2D eigenvalue weighted by Gasteiger charge is -2.12. The molecule has 100 valence electrons. The van der Waals surface area contributed by atoms with Gasteiger partial charge in [-0.25, -0.2) is 4.68 Å². The highest BCUT2D eigenvalue weighted by Crippen LogP contribution is 2.16. The lowest BCUT2D eigenvalue weighted by Crippen LogP contribution is -2.26. The van der Waals surface area contributed by atoms with Crippen LogP contribution in [0.15, 0.2) is 15.5 Å². The Labute approximate surface area is 115 Å². The molecule has 2 heterocycles. The van der Waals surface area contributed by atoms with Crippen molar-refractivity contribution in [2.45, 2.75) is 38.8 Å². The van der Waals surface area contributed by atoms with Crippen molar-refractivity contribution in [2.24, 2.45) is 0 Å². The van der Waals surface area contributed by atoms with Gasteiger partial charge in [0.05, 0.1) is 11.9 Å². The van der Waals surface area contributed by atoms with Crippen LogP contribution in [0.5, 0.6) is 0 Å². The zero-order valence-electron chi connectivity index (χ0n) is 10.6. The fourth-order valence-corrected chi connectivity index (χ4v) is 2.64. The molecule has 2 rings (SSSR count). The van der Waals surface area contributed by atoms with Crippen molar-refractivity contribution < 1.29 is 0 Å². The summed E-state index contributed by atoms with van der Waals surface area (Å²) < 4.78 is 2.01. The second-order valence-corrected chi connectivity index (χ2v) is 5.29. The molecule has 0 amide bonds. The molecule has 0 aliphatic carbocycles. The van der Waals surface area contributed by atoms with Crippen LogP contribution in [-0.2, 0) is 6.54 Å². The third kappa shape index (κ3) is 3.11. The first kappa shape index (κ1) is 13.5. The van der Waals surface area contributed by atoms with Crippen LogP contribution in [0.25, 0.3) is 0 Å². The van der Waals surface area contributed by atoms with Crippen molar-refractivity contribution in [1.82, 2.24) is 15.1 Å². The number of hydrogen-bond acceptors (Lipinski definition) is 4. The summed E-state index contributed by atoms with van der Waals surface area (Å²) in [5.74, 6) is 0. The topological polar surface area (TPSA) is 59.0 Å². The Morgan fingerprint density at radius 2 is 2.50 bits per heavy atom. The van der Waals surface area contributed by atoms with E-state index in [-0.39, 0.29) is 5.56 Å². The van der Waals surface area contributed by atoms with E-state index >= 15 is 0 Å². The van der Waals surface area contributed by atoms with E-state index in [9.17, 15) is 4.79 Å². The maximum Gasteiger partial charge on any atom is 0.283 e. The Morgan fingerprint density at radius 3 is 3.17 bits per heavy atom. The monoisotopic (exact) mass is 314 g/mol. The molecule has 1 saturated heterocycles. The number of nitrogens with one attached hydrogen (secondary N) is 2. The predicted molar refractivity (Wildman–Crippen MR) is 76.0 cm³/mol. The van der Waals surface area contributed by atoms with E-state index in [2.05, 4.69) is 31.7 Å². The molecular formula is C12H19BrN4O. The minimum Gasteiger partial charge on any atom is -0.383 e. The van der Waals surface area contributed by atoms with Gasteiger partial charge in [0.2, 0.25) is 0 Å². The van der Waals surface area contributed by atoms with Gasteiger partial charge in [0.25, 0.3) is 5.56 Å². The Balaban J connectivity index is 1.93. The molecule has 1 aromatic rings. The standard InChI is InChI=1S/C12H19BrN4O/c1-2-17-12(18)11(13)10(8-16-17)15-7-5-9-4-3-6-14-9/h8-9,14-15H,2-7H2,1H3. The highest BCUT2D eigenvalue weighted by atomic mass is 79.9. The van der Waals surface area contributed by atoms with E-state index in [4.69, 9.17) is 0 Å². The van der Waals surface area contributed by atoms with Crippen molar-refractivity contribution in [3.63, 3.8) is 0 Å². The molecule has 0 spiro atoms. The van der Waals surface area contributed by atoms with Crippen LogP contribution in [0, 0.1) is 0 Å². The van der Waals surface area contributed by atoms with Gasteiger partial charge in [-0.15, -0.1) is 0 Å². The number of anilines is 1. The Hall–Kier alpha value is -0.880. The average Bonchev–Trinajstić information content (AvgIpc) is 2.88. The van der Waals surface area contributed by atoms with E-state index in [1.807, 2.05) is 6.92 Å². The smallest absolute Gasteiger partial charge is 0.283 e. The SMILES string of the molecule is CCn1ncc(NCCC2CCCN2)c(Br)c1=O. The Bertz CT molecular complexity index is 454. The third-order valence-electron chi connectivity index (χ3n) is 3.26. The molecule has 1 atom stereocenters. The van der Waals surface area contributed by atoms with Gasteiger partial charge in [-0.3, -0.25) is 4.79 Å². The van der Waals surface area contributed by atoms with E-state index in [0.717, 1.165) is 25.2 Å². The van der Waals surface area contributed by atoms with E-state index in [1.54, 1.807) is 6.20 Å². The van der Waals surface area contributed by atoms with E-state index < -0.39 is 0 Å². The molecule has 0 radical (unpaired) electrons. The Kier molecular flexibility index (Phi) is 4.77. The summed E-state index contributed by atoms with van der Waals surface area (Å²) in [5.41, 5.74) is 0.698. The summed E-state index contributed by atoms with van der Waals surface area (Å²) in [4.78, 5) is 11.8. The van der Waals surface area contributed by atoms with E-state index in [0.29, 0.717) is 17.1 Å². The lowest BCUT2D eigenvalue weighted by atomic mass is 10.1. The molecule has 1 fully saturated rings. The van der Waals surface area contributed by atoms with Gasteiger partial charge in [-0.05, 0) is 48.7 Å². The molecule has 1 aliphatic heterocycles. The van der Waals surface area contributed by atoms with Crippen molar-refractivity contribution in [1.29, 1.82) is 0 Å². The molecule has 2 N–H and O–H groups in total. The van der Waals surface area contributed by atoms with Crippen molar-refractivity contribution in [3.05, 3.63) is 21.0 Å². The van der Waals surface area contributed by atoms with Gasteiger partial charge in [0.15, 0.2) is 0 Å². The largest absolute Gasteiger partial charge is 0.383 e. The first-order chi connectivity index (χ1) is 8.72. The number of aromatic nitrogens is 2. The summed E-state index contributed by atoms with van der Waals surface area (Å²) in [6.45, 7) is 4.47. The summed E-state index contributed by atoms with van der Waals surface area (Å²) in [6.07, 6.45) is 5.29. The number of aryl methyl sites for hydroxylation is 1. The molecule has 0 bridgehead atoms. The average molecular weight is 315 g/mol. The number of halogens is 1. The van der Waals surface area contributed by atoms with Gasteiger partial charge in [0.1, 0.15) is 4.47 Å². The minimum absolute atomic E-state index is 0.0820. The molecule has 0 aromatic carbocycles. The normalized spacial score (nSPS) is 19.1. The van der Waals surface area contributed by atoms with Gasteiger partial charge in [0, 0.05) is 19.1 Å². The highest BCUT2D eigenvalue weighted by Gasteiger charge is 2.13. The molecule has 1 aliphatic rings. The van der Waals surface area contributed by atoms with Crippen LogP contribution in [0.3, 0.4) is 0 Å². The zero-order chi connectivity index (χ0) is 13.0. The lowest BCUT2D eigenvalue weighted by molar-refractivity contribution is 0.573. The number of nitrogens with zero attached hydrogens (tertiary/aromatic N) is 2. The predicted octanol–water partition coefficient (Wildman–Crippen LogP) is 1.58. The summed E-state index contributed by atoms with van der Waals surface area (Å²) in [6, 6.07) is 0.611. The quantitative estimate of drug-likeness (QED) is 0.866. The second kappa shape index (κ2) is 6.33. The van der Waals surface area contributed by atoms with Gasteiger partial charge >= 0.3 is 0 Å². The number of rotatable bonds is 5. The molecule has 1 unspecified atom stereocenters. The highest BCUT2D eigenvalue weighted by molar-refractivity contribution is 9.10. The first-order valence-corrected chi connectivity index (χ1v) is 7.24. The Morgan fingerprint density at radius 1 is 1.67 bits per heavy atom. The fourth-order valence-electron chi connectivity index (χ4n) is 2.20. The van der Waals surface area contributed by atoms with Crippen LogP contribution < -0.4 is 16.2 Å².